The summed E-state index contributed by atoms with van der Waals surface area (Å²) >= 11 is 0. The van der Waals surface area contributed by atoms with Crippen molar-refractivity contribution in [2.24, 2.45) is 0 Å². The Kier molecular flexibility index (Phi) is 5.02. The molecule has 0 heterocycles. The highest BCUT2D eigenvalue weighted by molar-refractivity contribution is 5.77. The number of quaternary nitrogens is 1. The molecule has 0 bridgehead atoms. The van der Waals surface area contributed by atoms with E-state index >= 15 is 0 Å². The van der Waals surface area contributed by atoms with Gasteiger partial charge in [0.25, 0.3) is 5.91 Å². The van der Waals surface area contributed by atoms with Crippen LogP contribution in [0.15, 0.2) is 48.5 Å². The summed E-state index contributed by atoms with van der Waals surface area (Å²) < 4.78 is 14.0. The topological polar surface area (TPSA) is 33.5 Å². The fourth-order valence-electron chi connectivity index (χ4n) is 4.08. The highest BCUT2D eigenvalue weighted by Crippen LogP contribution is 2.29. The van der Waals surface area contributed by atoms with E-state index in [4.69, 9.17) is 0 Å². The minimum atomic E-state index is -0.174. The number of rotatable bonds is 6. The monoisotopic (exact) mass is 353 g/mol. The van der Waals surface area contributed by atoms with E-state index in [2.05, 4.69) is 23.5 Å². The van der Waals surface area contributed by atoms with E-state index in [1.54, 1.807) is 6.07 Å². The van der Waals surface area contributed by atoms with E-state index in [0.29, 0.717) is 24.7 Å². The number of hydrogen-bond donors (Lipinski definition) is 2. The van der Waals surface area contributed by atoms with Gasteiger partial charge < -0.3 is 10.2 Å². The lowest BCUT2D eigenvalue weighted by atomic mass is 9.88. The largest absolute Gasteiger partial charge is 0.344 e. The van der Waals surface area contributed by atoms with E-state index in [0.717, 1.165) is 32.1 Å². The Morgan fingerprint density at radius 3 is 2.65 bits per heavy atom. The molecular weight excluding hydrogens is 327 g/mol. The van der Waals surface area contributed by atoms with Crippen molar-refractivity contribution in [3.8, 4) is 0 Å². The van der Waals surface area contributed by atoms with Crippen molar-refractivity contribution in [3.05, 3.63) is 71.0 Å². The standard InChI is InChI=1S/C22H25FN2O/c23-20-10-4-2-7-17(20)14-25(18-12-13-18)15-22(26)24-21-11-5-8-16-6-1-3-9-19(16)21/h1-4,6-7,9-10,18,21H,5,8,11-15H2,(H,24,26)/p+1/t21-/m0/s1. The molecule has 2 N–H and O–H groups in total. The van der Waals surface area contributed by atoms with E-state index in [1.807, 2.05) is 18.2 Å². The van der Waals surface area contributed by atoms with Gasteiger partial charge in [0.1, 0.15) is 12.4 Å². The number of carbonyl (C=O) groups excluding carboxylic acids is 1. The van der Waals surface area contributed by atoms with Crippen molar-refractivity contribution in [1.29, 1.82) is 0 Å². The first-order valence-electron chi connectivity index (χ1n) is 9.66. The summed E-state index contributed by atoms with van der Waals surface area (Å²) in [5, 5.41) is 3.24. The predicted octanol–water partition coefficient (Wildman–Crippen LogP) is 2.57. The van der Waals surface area contributed by atoms with E-state index < -0.39 is 0 Å². The van der Waals surface area contributed by atoms with Crippen molar-refractivity contribution in [2.45, 2.75) is 50.7 Å². The average Bonchev–Trinajstić information content (AvgIpc) is 3.48. The molecule has 1 fully saturated rings. The first-order valence-corrected chi connectivity index (χ1v) is 9.66. The van der Waals surface area contributed by atoms with Gasteiger partial charge in [0.05, 0.1) is 12.1 Å². The molecule has 136 valence electrons. The number of amides is 1. The third-order valence-corrected chi connectivity index (χ3v) is 5.62. The SMILES string of the molecule is O=C(C[NH+](Cc1ccccc1F)C1CC1)N[C@H]1CCCc2ccccc21. The summed E-state index contributed by atoms with van der Waals surface area (Å²) in [4.78, 5) is 13.9. The van der Waals surface area contributed by atoms with Crippen LogP contribution in [-0.2, 0) is 17.8 Å². The molecule has 4 heteroatoms. The molecule has 1 amide bonds. The quantitative estimate of drug-likeness (QED) is 0.822. The first kappa shape index (κ1) is 17.2. The van der Waals surface area contributed by atoms with Crippen molar-refractivity contribution >= 4 is 5.91 Å². The Morgan fingerprint density at radius 1 is 1.08 bits per heavy atom. The lowest BCUT2D eigenvalue weighted by molar-refractivity contribution is -0.917. The summed E-state index contributed by atoms with van der Waals surface area (Å²) in [6, 6.07) is 15.9. The summed E-state index contributed by atoms with van der Waals surface area (Å²) in [5.74, 6) is -0.0998. The van der Waals surface area contributed by atoms with Gasteiger partial charge in [-0.2, -0.15) is 0 Å². The zero-order valence-electron chi connectivity index (χ0n) is 15.0. The lowest BCUT2D eigenvalue weighted by Gasteiger charge is -2.27. The van der Waals surface area contributed by atoms with Gasteiger partial charge in [0, 0.05) is 18.4 Å². The molecule has 26 heavy (non-hydrogen) atoms. The van der Waals surface area contributed by atoms with Crippen LogP contribution in [0.1, 0.15) is 48.4 Å². The minimum Gasteiger partial charge on any atom is -0.344 e. The number of benzene rings is 2. The summed E-state index contributed by atoms with van der Waals surface area (Å²) in [5.41, 5.74) is 3.31. The number of carbonyl (C=O) groups is 1. The van der Waals surface area contributed by atoms with Crippen LogP contribution in [0.3, 0.4) is 0 Å². The first-order chi connectivity index (χ1) is 12.7. The highest BCUT2D eigenvalue weighted by atomic mass is 19.1. The number of hydrogen-bond acceptors (Lipinski definition) is 1. The lowest BCUT2D eigenvalue weighted by Crippen LogP contribution is -3.13. The van der Waals surface area contributed by atoms with Crippen LogP contribution in [0, 0.1) is 5.82 Å². The van der Waals surface area contributed by atoms with Gasteiger partial charge >= 0.3 is 0 Å². The Bertz CT molecular complexity index is 787. The molecule has 1 unspecified atom stereocenters. The maximum atomic E-state index is 14.0. The average molecular weight is 353 g/mol. The molecule has 0 spiro atoms. The van der Waals surface area contributed by atoms with Crippen molar-refractivity contribution < 1.29 is 14.1 Å². The molecule has 2 aromatic carbocycles. The third kappa shape index (κ3) is 3.96. The van der Waals surface area contributed by atoms with Gasteiger partial charge in [-0.3, -0.25) is 4.79 Å². The summed E-state index contributed by atoms with van der Waals surface area (Å²) in [6.45, 7) is 0.990. The molecule has 0 aromatic heterocycles. The van der Waals surface area contributed by atoms with Gasteiger partial charge in [-0.05, 0) is 36.5 Å². The van der Waals surface area contributed by atoms with Crippen LogP contribution in [0.5, 0.6) is 0 Å². The molecule has 3 nitrogen and oxygen atoms in total. The third-order valence-electron chi connectivity index (χ3n) is 5.62. The van der Waals surface area contributed by atoms with Crippen LogP contribution < -0.4 is 10.2 Å². The second kappa shape index (κ2) is 7.58. The van der Waals surface area contributed by atoms with Crippen LogP contribution in [-0.4, -0.2) is 18.5 Å². The molecular formula is C22H26FN2O+. The van der Waals surface area contributed by atoms with Crippen LogP contribution >= 0.6 is 0 Å². The fourth-order valence-corrected chi connectivity index (χ4v) is 4.08. The Balaban J connectivity index is 1.41. The summed E-state index contributed by atoms with van der Waals surface area (Å²) in [6.07, 6.45) is 5.45. The van der Waals surface area contributed by atoms with Crippen LogP contribution in [0.2, 0.25) is 0 Å². The van der Waals surface area contributed by atoms with Gasteiger partial charge in [-0.15, -0.1) is 0 Å². The number of aryl methyl sites for hydroxylation is 1. The maximum Gasteiger partial charge on any atom is 0.275 e. The van der Waals surface area contributed by atoms with Gasteiger partial charge in [-0.1, -0.05) is 42.5 Å². The number of nitrogens with one attached hydrogen (secondary N) is 2. The molecule has 1 saturated carbocycles. The second-order valence-electron chi connectivity index (χ2n) is 7.59. The van der Waals surface area contributed by atoms with E-state index in [1.165, 1.54) is 22.1 Å². The molecule has 2 aromatic rings. The zero-order valence-corrected chi connectivity index (χ0v) is 15.0. The number of halogens is 1. The van der Waals surface area contributed by atoms with Crippen molar-refractivity contribution in [1.82, 2.24) is 5.32 Å². The predicted molar refractivity (Wildman–Crippen MR) is 99.2 cm³/mol. The van der Waals surface area contributed by atoms with E-state index in [9.17, 15) is 9.18 Å². The Morgan fingerprint density at radius 2 is 1.85 bits per heavy atom. The Hall–Kier alpha value is -2.20. The molecule has 0 aliphatic heterocycles. The molecule has 4 rings (SSSR count). The highest BCUT2D eigenvalue weighted by Gasteiger charge is 2.35. The minimum absolute atomic E-state index is 0.0740. The smallest absolute Gasteiger partial charge is 0.275 e. The van der Waals surface area contributed by atoms with Gasteiger partial charge in [0.15, 0.2) is 6.54 Å². The molecule has 0 radical (unpaired) electrons. The Labute approximate surface area is 154 Å². The zero-order chi connectivity index (χ0) is 17.9. The maximum absolute atomic E-state index is 14.0. The van der Waals surface area contributed by atoms with Crippen molar-refractivity contribution in [2.75, 3.05) is 6.54 Å². The van der Waals surface area contributed by atoms with Crippen LogP contribution in [0.25, 0.3) is 0 Å². The van der Waals surface area contributed by atoms with Gasteiger partial charge in [0.2, 0.25) is 0 Å². The van der Waals surface area contributed by atoms with Gasteiger partial charge in [-0.25, -0.2) is 4.39 Å². The summed E-state index contributed by atoms with van der Waals surface area (Å²) in [7, 11) is 0. The number of fused-ring (bicyclic) bond motifs is 1. The fraction of sp³-hybridized carbons (Fsp3) is 0.409. The molecule has 2 aliphatic rings. The van der Waals surface area contributed by atoms with Crippen LogP contribution in [0.4, 0.5) is 4.39 Å². The normalized spacial score (nSPS) is 20.3. The molecule has 2 aliphatic carbocycles. The van der Waals surface area contributed by atoms with E-state index in [-0.39, 0.29) is 17.8 Å². The van der Waals surface area contributed by atoms with Crippen molar-refractivity contribution in [3.63, 3.8) is 0 Å². The molecule has 0 saturated heterocycles. The molecule has 2 atom stereocenters. The second-order valence-corrected chi connectivity index (χ2v) is 7.59.